The van der Waals surface area contributed by atoms with Crippen molar-refractivity contribution in [2.75, 3.05) is 32.8 Å². The lowest BCUT2D eigenvalue weighted by Crippen LogP contribution is -2.55. The van der Waals surface area contributed by atoms with Crippen molar-refractivity contribution in [1.82, 2.24) is 20.1 Å². The number of hydrogen-bond acceptors (Lipinski definition) is 6. The van der Waals surface area contributed by atoms with Crippen LogP contribution in [0.25, 0.3) is 22.4 Å². The molecule has 194 valence electrons. The Morgan fingerprint density at radius 3 is 2.13 bits per heavy atom. The molecule has 1 atom stereocenters. The van der Waals surface area contributed by atoms with Gasteiger partial charge in [-0.25, -0.2) is 9.78 Å². The lowest BCUT2D eigenvalue weighted by molar-refractivity contribution is -0.134. The minimum absolute atomic E-state index is 0.146. The van der Waals surface area contributed by atoms with Crippen LogP contribution in [0.4, 0.5) is 4.79 Å². The van der Waals surface area contributed by atoms with E-state index in [1.165, 1.54) is 4.90 Å². The maximum absolute atomic E-state index is 13.4. The molecule has 1 unspecified atom stereocenters. The molecule has 1 aliphatic heterocycles. The number of rotatable bonds is 7. The number of nitrogens with one attached hydrogen (secondary N) is 1. The number of nitriles is 1. The lowest BCUT2D eigenvalue weighted by atomic mass is 10.0. The number of pyridine rings is 1. The molecule has 4 rings (SSSR count). The largest absolute Gasteiger partial charge is 0.450 e. The van der Waals surface area contributed by atoms with Crippen molar-refractivity contribution >= 4 is 17.9 Å². The standard InChI is InChI=1S/C29H29N5O4/c1-2-38-29(37)34-17-15-33(16-18-34)28(36)24(13-14-30)32-27(35)26-20-23(21-9-5-3-6-10-21)19-25(31-26)22-11-7-4-8-12-22/h3-12,19-20,24H,2,13,15-18H2,1H3,(H,32,35). The van der Waals surface area contributed by atoms with E-state index in [2.05, 4.69) is 10.3 Å². The van der Waals surface area contributed by atoms with E-state index < -0.39 is 18.0 Å². The molecule has 2 heterocycles. The van der Waals surface area contributed by atoms with Gasteiger partial charge in [0.2, 0.25) is 5.91 Å². The number of carbonyl (C=O) groups excluding carboxylic acids is 3. The van der Waals surface area contributed by atoms with Crippen molar-refractivity contribution in [2.45, 2.75) is 19.4 Å². The van der Waals surface area contributed by atoms with Crippen molar-refractivity contribution in [3.8, 4) is 28.5 Å². The fourth-order valence-electron chi connectivity index (χ4n) is 4.27. The van der Waals surface area contributed by atoms with Crippen LogP contribution in [0.3, 0.4) is 0 Å². The van der Waals surface area contributed by atoms with Crippen molar-refractivity contribution in [3.63, 3.8) is 0 Å². The second-order valence-electron chi connectivity index (χ2n) is 8.76. The molecule has 1 N–H and O–H groups in total. The Bertz CT molecular complexity index is 1260. The highest BCUT2D eigenvalue weighted by Crippen LogP contribution is 2.26. The average Bonchev–Trinajstić information content (AvgIpc) is 2.97. The Kier molecular flexibility index (Phi) is 8.67. The molecule has 0 aliphatic carbocycles. The molecular formula is C29H29N5O4. The van der Waals surface area contributed by atoms with Crippen molar-refractivity contribution in [2.24, 2.45) is 0 Å². The van der Waals surface area contributed by atoms with Gasteiger partial charge >= 0.3 is 6.09 Å². The average molecular weight is 512 g/mol. The number of benzene rings is 2. The maximum atomic E-state index is 13.4. The van der Waals surface area contributed by atoms with Gasteiger partial charge in [-0.3, -0.25) is 9.59 Å². The van der Waals surface area contributed by atoms with E-state index in [0.717, 1.165) is 16.7 Å². The summed E-state index contributed by atoms with van der Waals surface area (Å²) >= 11 is 0. The van der Waals surface area contributed by atoms with Crippen LogP contribution in [0.5, 0.6) is 0 Å². The lowest BCUT2D eigenvalue weighted by Gasteiger charge is -2.35. The topological polar surface area (TPSA) is 116 Å². The molecule has 9 nitrogen and oxygen atoms in total. The van der Waals surface area contributed by atoms with Gasteiger partial charge in [0, 0.05) is 31.7 Å². The number of carbonyl (C=O) groups is 3. The van der Waals surface area contributed by atoms with Crippen LogP contribution in [-0.2, 0) is 9.53 Å². The summed E-state index contributed by atoms with van der Waals surface area (Å²) in [5.74, 6) is -0.912. The van der Waals surface area contributed by atoms with E-state index in [4.69, 9.17) is 4.74 Å². The zero-order chi connectivity index (χ0) is 26.9. The fraction of sp³-hybridized carbons (Fsp3) is 0.276. The molecule has 1 saturated heterocycles. The Morgan fingerprint density at radius 2 is 1.53 bits per heavy atom. The molecule has 0 spiro atoms. The summed E-state index contributed by atoms with van der Waals surface area (Å²) < 4.78 is 5.02. The van der Waals surface area contributed by atoms with Gasteiger partial charge < -0.3 is 19.9 Å². The quantitative estimate of drug-likeness (QED) is 0.517. The highest BCUT2D eigenvalue weighted by Gasteiger charge is 2.31. The minimum Gasteiger partial charge on any atom is -0.450 e. The predicted octanol–water partition coefficient (Wildman–Crippen LogP) is 3.73. The fourth-order valence-corrected chi connectivity index (χ4v) is 4.27. The molecule has 2 aromatic carbocycles. The number of piperazine rings is 1. The second-order valence-corrected chi connectivity index (χ2v) is 8.76. The summed E-state index contributed by atoms with van der Waals surface area (Å²) in [6, 6.07) is 23.7. The van der Waals surface area contributed by atoms with Crippen LogP contribution in [0.15, 0.2) is 72.8 Å². The summed E-state index contributed by atoms with van der Waals surface area (Å²) in [5, 5.41) is 12.1. The first kappa shape index (κ1) is 26.4. The van der Waals surface area contributed by atoms with E-state index in [0.29, 0.717) is 18.8 Å². The van der Waals surface area contributed by atoms with Gasteiger partial charge in [0.25, 0.3) is 5.91 Å². The highest BCUT2D eigenvalue weighted by molar-refractivity contribution is 5.97. The zero-order valence-corrected chi connectivity index (χ0v) is 21.2. The molecule has 0 radical (unpaired) electrons. The van der Waals surface area contributed by atoms with Crippen LogP contribution in [-0.4, -0.2) is 71.5 Å². The van der Waals surface area contributed by atoms with Gasteiger partial charge in [-0.2, -0.15) is 5.26 Å². The molecule has 3 amide bonds. The molecule has 0 bridgehead atoms. The monoisotopic (exact) mass is 511 g/mol. The molecule has 9 heteroatoms. The normalized spacial score (nSPS) is 13.8. The van der Waals surface area contributed by atoms with Gasteiger partial charge in [-0.15, -0.1) is 0 Å². The summed E-state index contributed by atoms with van der Waals surface area (Å²) in [5.41, 5.74) is 3.35. The minimum atomic E-state index is -1.04. The second kappa shape index (κ2) is 12.5. The third-order valence-corrected chi connectivity index (χ3v) is 6.25. The van der Waals surface area contributed by atoms with Gasteiger partial charge in [-0.05, 0) is 30.2 Å². The summed E-state index contributed by atoms with van der Waals surface area (Å²) in [4.78, 5) is 46.3. The first-order valence-electron chi connectivity index (χ1n) is 12.5. The van der Waals surface area contributed by atoms with Crippen LogP contribution in [0.2, 0.25) is 0 Å². The van der Waals surface area contributed by atoms with Crippen LogP contribution in [0.1, 0.15) is 23.8 Å². The molecular weight excluding hydrogens is 482 g/mol. The Morgan fingerprint density at radius 1 is 0.921 bits per heavy atom. The summed E-state index contributed by atoms with van der Waals surface area (Å²) in [6.45, 7) is 3.22. The van der Waals surface area contributed by atoms with E-state index in [1.54, 1.807) is 17.9 Å². The first-order valence-corrected chi connectivity index (χ1v) is 12.5. The van der Waals surface area contributed by atoms with Gasteiger partial charge in [0.1, 0.15) is 11.7 Å². The summed E-state index contributed by atoms with van der Waals surface area (Å²) in [7, 11) is 0. The zero-order valence-electron chi connectivity index (χ0n) is 21.2. The Hall–Kier alpha value is -4.71. The van der Waals surface area contributed by atoms with E-state index in [9.17, 15) is 19.6 Å². The van der Waals surface area contributed by atoms with Crippen LogP contribution >= 0.6 is 0 Å². The van der Waals surface area contributed by atoms with Gasteiger partial charge in [-0.1, -0.05) is 60.7 Å². The van der Waals surface area contributed by atoms with Crippen LogP contribution in [0, 0.1) is 11.3 Å². The van der Waals surface area contributed by atoms with E-state index >= 15 is 0 Å². The molecule has 1 aromatic heterocycles. The number of nitrogens with zero attached hydrogens (tertiary/aromatic N) is 4. The molecule has 1 fully saturated rings. The molecule has 1 aliphatic rings. The molecule has 38 heavy (non-hydrogen) atoms. The van der Waals surface area contributed by atoms with Gasteiger partial charge in [0.05, 0.1) is 24.8 Å². The van der Waals surface area contributed by atoms with E-state index in [1.807, 2.05) is 72.8 Å². The third kappa shape index (κ3) is 6.34. The maximum Gasteiger partial charge on any atom is 0.409 e. The Labute approximate surface area is 221 Å². The Balaban J connectivity index is 1.54. The van der Waals surface area contributed by atoms with Crippen molar-refractivity contribution in [1.29, 1.82) is 5.26 Å². The molecule has 3 aromatic rings. The highest BCUT2D eigenvalue weighted by atomic mass is 16.6. The van der Waals surface area contributed by atoms with Crippen molar-refractivity contribution < 1.29 is 19.1 Å². The summed E-state index contributed by atoms with van der Waals surface area (Å²) in [6.07, 6.45) is -0.605. The van der Waals surface area contributed by atoms with Gasteiger partial charge in [0.15, 0.2) is 0 Å². The number of ether oxygens (including phenoxy) is 1. The number of aromatic nitrogens is 1. The van der Waals surface area contributed by atoms with Crippen LogP contribution < -0.4 is 5.32 Å². The molecule has 0 saturated carbocycles. The number of amides is 3. The van der Waals surface area contributed by atoms with E-state index in [-0.39, 0.29) is 37.7 Å². The predicted molar refractivity (Wildman–Crippen MR) is 142 cm³/mol. The third-order valence-electron chi connectivity index (χ3n) is 6.25. The first-order chi connectivity index (χ1) is 18.5. The number of hydrogen-bond donors (Lipinski definition) is 1. The van der Waals surface area contributed by atoms with Crippen molar-refractivity contribution in [3.05, 3.63) is 78.5 Å². The SMILES string of the molecule is CCOC(=O)N1CCN(C(=O)C(CC#N)NC(=O)c2cc(-c3ccccc3)cc(-c3ccccc3)n2)CC1. The smallest absolute Gasteiger partial charge is 0.409 e.